The molecule has 2 aromatic rings. The van der Waals surface area contributed by atoms with Gasteiger partial charge in [-0.1, -0.05) is 23.4 Å². The summed E-state index contributed by atoms with van der Waals surface area (Å²) < 4.78 is 9.90. The van der Waals surface area contributed by atoms with Crippen LogP contribution in [0.1, 0.15) is 30.8 Å². The second kappa shape index (κ2) is 6.70. The van der Waals surface area contributed by atoms with Crippen molar-refractivity contribution in [1.29, 1.82) is 0 Å². The van der Waals surface area contributed by atoms with Gasteiger partial charge in [0.2, 0.25) is 12.3 Å². The molecular weight excluding hydrogens is 258 g/mol. The third-order valence-corrected chi connectivity index (χ3v) is 2.96. The van der Waals surface area contributed by atoms with Gasteiger partial charge in [0.25, 0.3) is 0 Å². The summed E-state index contributed by atoms with van der Waals surface area (Å²) in [5.74, 6) is 1.20. The van der Waals surface area contributed by atoms with Gasteiger partial charge in [0.05, 0.1) is 13.2 Å². The van der Waals surface area contributed by atoms with E-state index in [0.717, 1.165) is 11.3 Å². The van der Waals surface area contributed by atoms with Crippen molar-refractivity contribution in [3.8, 4) is 5.75 Å². The standard InChI is InChI=1S/C14H17N3O3/c1-10(14-15-9-20-17-14)16-13(18)8-7-11-5-3-4-6-12(11)19-2/h3-6,9-10H,7-8H2,1-2H3,(H,16,18). The Morgan fingerprint density at radius 2 is 2.25 bits per heavy atom. The molecule has 106 valence electrons. The molecule has 1 N–H and O–H groups in total. The number of para-hydroxylation sites is 1. The van der Waals surface area contributed by atoms with E-state index in [1.165, 1.54) is 6.39 Å². The summed E-state index contributed by atoms with van der Waals surface area (Å²) in [7, 11) is 1.62. The molecule has 0 saturated carbocycles. The first-order chi connectivity index (χ1) is 9.70. The van der Waals surface area contributed by atoms with Gasteiger partial charge >= 0.3 is 0 Å². The van der Waals surface area contributed by atoms with Crippen LogP contribution in [0.15, 0.2) is 35.2 Å². The average Bonchev–Trinajstić information content (AvgIpc) is 2.99. The predicted octanol–water partition coefficient (Wildman–Crippen LogP) is 1.89. The van der Waals surface area contributed by atoms with Crippen LogP contribution in [0.2, 0.25) is 0 Å². The Labute approximate surface area is 117 Å². The number of hydrogen-bond acceptors (Lipinski definition) is 5. The molecule has 6 nitrogen and oxygen atoms in total. The monoisotopic (exact) mass is 275 g/mol. The van der Waals surface area contributed by atoms with E-state index in [1.54, 1.807) is 7.11 Å². The van der Waals surface area contributed by atoms with Gasteiger partial charge in [0.15, 0.2) is 5.82 Å². The summed E-state index contributed by atoms with van der Waals surface area (Å²) in [5, 5.41) is 6.52. The Bertz CT molecular complexity index is 555. The van der Waals surface area contributed by atoms with Gasteiger partial charge in [0.1, 0.15) is 5.75 Å². The number of hydrogen-bond donors (Lipinski definition) is 1. The number of amides is 1. The highest BCUT2D eigenvalue weighted by molar-refractivity contribution is 5.76. The molecule has 1 aromatic heterocycles. The lowest BCUT2D eigenvalue weighted by atomic mass is 10.1. The number of benzene rings is 1. The van der Waals surface area contributed by atoms with Crippen molar-refractivity contribution in [2.75, 3.05) is 7.11 Å². The van der Waals surface area contributed by atoms with Gasteiger partial charge < -0.3 is 14.6 Å². The Morgan fingerprint density at radius 3 is 2.95 bits per heavy atom. The second-order valence-corrected chi connectivity index (χ2v) is 4.39. The van der Waals surface area contributed by atoms with Crippen molar-refractivity contribution in [3.05, 3.63) is 42.0 Å². The smallest absolute Gasteiger partial charge is 0.220 e. The molecule has 1 atom stereocenters. The maximum atomic E-state index is 11.9. The molecule has 0 radical (unpaired) electrons. The number of aryl methyl sites for hydroxylation is 1. The number of methoxy groups -OCH3 is 1. The van der Waals surface area contributed by atoms with Gasteiger partial charge in [-0.2, -0.15) is 4.98 Å². The minimum absolute atomic E-state index is 0.0618. The van der Waals surface area contributed by atoms with Crippen LogP contribution in [0.5, 0.6) is 5.75 Å². The lowest BCUT2D eigenvalue weighted by molar-refractivity contribution is -0.121. The maximum Gasteiger partial charge on any atom is 0.220 e. The van der Waals surface area contributed by atoms with E-state index in [0.29, 0.717) is 18.7 Å². The third kappa shape index (κ3) is 3.57. The molecule has 6 heteroatoms. The van der Waals surface area contributed by atoms with Crippen LogP contribution in [0.3, 0.4) is 0 Å². The summed E-state index contributed by atoms with van der Waals surface area (Å²) in [4.78, 5) is 15.8. The Kier molecular flexibility index (Phi) is 4.70. The van der Waals surface area contributed by atoms with Crippen molar-refractivity contribution < 1.29 is 14.1 Å². The van der Waals surface area contributed by atoms with Crippen molar-refractivity contribution in [3.63, 3.8) is 0 Å². The maximum absolute atomic E-state index is 11.9. The van der Waals surface area contributed by atoms with E-state index < -0.39 is 0 Å². The fourth-order valence-electron chi connectivity index (χ4n) is 1.91. The molecular formula is C14H17N3O3. The van der Waals surface area contributed by atoms with E-state index in [1.807, 2.05) is 31.2 Å². The van der Waals surface area contributed by atoms with Crippen molar-refractivity contribution in [2.24, 2.45) is 0 Å². The third-order valence-electron chi connectivity index (χ3n) is 2.96. The molecule has 0 bridgehead atoms. The van der Waals surface area contributed by atoms with Crippen molar-refractivity contribution >= 4 is 5.91 Å². The van der Waals surface area contributed by atoms with Crippen LogP contribution in [-0.2, 0) is 11.2 Å². The highest BCUT2D eigenvalue weighted by Crippen LogP contribution is 2.18. The number of nitrogens with one attached hydrogen (secondary N) is 1. The van der Waals surface area contributed by atoms with Gasteiger partial charge in [-0.25, -0.2) is 0 Å². The Hall–Kier alpha value is -2.37. The first-order valence-corrected chi connectivity index (χ1v) is 6.38. The molecule has 1 aromatic carbocycles. The topological polar surface area (TPSA) is 77.2 Å². The number of nitrogens with zero attached hydrogens (tertiary/aromatic N) is 2. The predicted molar refractivity (Wildman–Crippen MR) is 72.2 cm³/mol. The lowest BCUT2D eigenvalue weighted by Gasteiger charge is -2.11. The Morgan fingerprint density at radius 1 is 1.45 bits per heavy atom. The SMILES string of the molecule is COc1ccccc1CCC(=O)NC(C)c1ncon1. The molecule has 20 heavy (non-hydrogen) atoms. The highest BCUT2D eigenvalue weighted by Gasteiger charge is 2.13. The van der Waals surface area contributed by atoms with Crippen LogP contribution in [0.4, 0.5) is 0 Å². The van der Waals surface area contributed by atoms with Crippen LogP contribution in [-0.4, -0.2) is 23.2 Å². The molecule has 1 unspecified atom stereocenters. The van der Waals surface area contributed by atoms with Gasteiger partial charge in [0, 0.05) is 6.42 Å². The quantitative estimate of drug-likeness (QED) is 0.871. The highest BCUT2D eigenvalue weighted by atomic mass is 16.5. The molecule has 1 amide bonds. The Balaban J connectivity index is 1.86. The number of aromatic nitrogens is 2. The van der Waals surface area contributed by atoms with E-state index in [4.69, 9.17) is 4.74 Å². The zero-order valence-electron chi connectivity index (χ0n) is 11.5. The van der Waals surface area contributed by atoms with Crippen LogP contribution < -0.4 is 10.1 Å². The van der Waals surface area contributed by atoms with Gasteiger partial charge in [-0.3, -0.25) is 4.79 Å². The molecule has 0 spiro atoms. The van der Waals surface area contributed by atoms with Crippen molar-refractivity contribution in [1.82, 2.24) is 15.5 Å². The van der Waals surface area contributed by atoms with E-state index >= 15 is 0 Å². The average molecular weight is 275 g/mol. The summed E-state index contributed by atoms with van der Waals surface area (Å²) in [6, 6.07) is 7.40. The minimum Gasteiger partial charge on any atom is -0.496 e. The molecule has 0 saturated heterocycles. The summed E-state index contributed by atoms with van der Waals surface area (Å²) in [6.07, 6.45) is 2.24. The fourth-order valence-corrected chi connectivity index (χ4v) is 1.91. The number of rotatable bonds is 6. The summed E-state index contributed by atoms with van der Waals surface area (Å²) in [5.41, 5.74) is 1.01. The van der Waals surface area contributed by atoms with E-state index in [9.17, 15) is 4.79 Å². The first kappa shape index (κ1) is 14.0. The van der Waals surface area contributed by atoms with Crippen LogP contribution >= 0.6 is 0 Å². The minimum atomic E-state index is -0.265. The zero-order chi connectivity index (χ0) is 14.4. The normalized spacial score (nSPS) is 11.9. The van der Waals surface area contributed by atoms with E-state index in [2.05, 4.69) is 20.0 Å². The molecule has 2 rings (SSSR count). The number of carbonyl (C=O) groups excluding carboxylic acids is 1. The van der Waals surface area contributed by atoms with Crippen molar-refractivity contribution in [2.45, 2.75) is 25.8 Å². The summed E-state index contributed by atoms with van der Waals surface area (Å²) in [6.45, 7) is 1.81. The van der Waals surface area contributed by atoms with Gasteiger partial charge in [-0.05, 0) is 25.0 Å². The van der Waals surface area contributed by atoms with Gasteiger partial charge in [-0.15, -0.1) is 0 Å². The van der Waals surface area contributed by atoms with Crippen LogP contribution in [0.25, 0.3) is 0 Å². The summed E-state index contributed by atoms with van der Waals surface area (Å²) >= 11 is 0. The fraction of sp³-hybridized carbons (Fsp3) is 0.357. The number of ether oxygens (including phenoxy) is 1. The first-order valence-electron chi connectivity index (χ1n) is 6.38. The molecule has 0 aliphatic carbocycles. The molecule has 0 aliphatic heterocycles. The van der Waals surface area contributed by atoms with E-state index in [-0.39, 0.29) is 11.9 Å². The zero-order valence-corrected chi connectivity index (χ0v) is 11.5. The van der Waals surface area contributed by atoms with Crippen LogP contribution in [0, 0.1) is 0 Å². The molecule has 1 heterocycles. The largest absolute Gasteiger partial charge is 0.496 e. The number of carbonyl (C=O) groups is 1. The second-order valence-electron chi connectivity index (χ2n) is 4.39. The lowest BCUT2D eigenvalue weighted by Crippen LogP contribution is -2.27. The molecule has 0 aliphatic rings. The molecule has 0 fully saturated rings.